The molecule has 0 atom stereocenters. The van der Waals surface area contributed by atoms with Gasteiger partial charge in [0.1, 0.15) is 0 Å². The number of thioether (sulfide) groups is 1. The molecular weight excluding hydrogens is 449 g/mol. The van der Waals surface area contributed by atoms with Gasteiger partial charge in [-0.1, -0.05) is 68.9 Å². The first-order valence-corrected chi connectivity index (χ1v) is 11.2. The van der Waals surface area contributed by atoms with E-state index >= 15 is 0 Å². The molecule has 0 spiro atoms. The average molecular weight is 475 g/mol. The van der Waals surface area contributed by atoms with E-state index < -0.39 is 17.3 Å². The number of nitrogens with zero attached hydrogens (tertiary/aromatic N) is 3. The first kappa shape index (κ1) is 24.6. The van der Waals surface area contributed by atoms with E-state index in [1.807, 2.05) is 24.3 Å². The van der Waals surface area contributed by atoms with Crippen LogP contribution >= 0.6 is 11.8 Å². The highest BCUT2D eigenvalue weighted by Crippen LogP contribution is 2.31. The molecule has 3 rings (SSSR count). The summed E-state index contributed by atoms with van der Waals surface area (Å²) in [5.74, 6) is 0.264. The lowest BCUT2D eigenvalue weighted by molar-refractivity contribution is -0.137. The molecule has 1 heterocycles. The molecule has 0 radical (unpaired) electrons. The molecule has 1 aromatic heterocycles. The third kappa shape index (κ3) is 6.25. The second-order valence-electron chi connectivity index (χ2n) is 8.47. The van der Waals surface area contributed by atoms with E-state index in [1.54, 1.807) is 12.1 Å². The minimum Gasteiger partial charge on any atom is -0.334 e. The minimum absolute atomic E-state index is 0.00744. The Labute approximate surface area is 194 Å². The van der Waals surface area contributed by atoms with Crippen molar-refractivity contribution in [2.45, 2.75) is 49.8 Å². The van der Waals surface area contributed by atoms with E-state index in [-0.39, 0.29) is 23.5 Å². The minimum atomic E-state index is -4.41. The van der Waals surface area contributed by atoms with Crippen LogP contribution < -0.4 is 10.9 Å². The lowest BCUT2D eigenvalue weighted by atomic mass is 9.87. The summed E-state index contributed by atoms with van der Waals surface area (Å²) in [4.78, 5) is 13.0. The molecule has 0 aliphatic heterocycles. The number of hydrogen-bond donors (Lipinski definition) is 1. The quantitative estimate of drug-likeness (QED) is 0.327. The first-order valence-electron chi connectivity index (χ1n) is 10.2. The van der Waals surface area contributed by atoms with Crippen LogP contribution in [0.25, 0.3) is 0 Å². The van der Waals surface area contributed by atoms with Crippen molar-refractivity contribution in [2.75, 3.05) is 5.32 Å². The van der Waals surface area contributed by atoms with Crippen LogP contribution in [0.4, 0.5) is 24.7 Å². The van der Waals surface area contributed by atoms with E-state index in [2.05, 4.69) is 42.9 Å². The third-order valence-electron chi connectivity index (χ3n) is 4.86. The summed E-state index contributed by atoms with van der Waals surface area (Å²) in [5.41, 5.74) is 1.22. The zero-order chi connectivity index (χ0) is 24.2. The summed E-state index contributed by atoms with van der Waals surface area (Å²) < 4.78 is 40.3. The van der Waals surface area contributed by atoms with Gasteiger partial charge in [-0.15, -0.1) is 16.8 Å². The highest BCUT2D eigenvalue weighted by molar-refractivity contribution is 7.98. The van der Waals surface area contributed by atoms with Gasteiger partial charge < -0.3 is 5.32 Å². The van der Waals surface area contributed by atoms with Gasteiger partial charge in [0.2, 0.25) is 5.82 Å². The molecule has 0 saturated heterocycles. The van der Waals surface area contributed by atoms with Gasteiger partial charge in [-0.05, 0) is 34.7 Å². The van der Waals surface area contributed by atoms with Crippen molar-refractivity contribution in [1.29, 1.82) is 0 Å². The van der Waals surface area contributed by atoms with Crippen LogP contribution in [-0.2, 0) is 23.9 Å². The number of hydrogen-bond acceptors (Lipinski definition) is 5. The molecule has 5 nitrogen and oxygen atoms in total. The number of rotatable bonds is 7. The number of anilines is 2. The van der Waals surface area contributed by atoms with Crippen molar-refractivity contribution < 1.29 is 13.2 Å². The van der Waals surface area contributed by atoms with Crippen LogP contribution in [0.5, 0.6) is 0 Å². The van der Waals surface area contributed by atoms with Crippen molar-refractivity contribution in [3.63, 3.8) is 0 Å². The topological polar surface area (TPSA) is 59.8 Å². The Morgan fingerprint density at radius 2 is 1.76 bits per heavy atom. The molecule has 0 aliphatic carbocycles. The highest BCUT2D eigenvalue weighted by Gasteiger charge is 2.30. The van der Waals surface area contributed by atoms with Gasteiger partial charge in [-0.2, -0.15) is 13.2 Å². The fourth-order valence-electron chi connectivity index (χ4n) is 3.06. The third-order valence-corrected chi connectivity index (χ3v) is 5.90. The summed E-state index contributed by atoms with van der Waals surface area (Å²) in [5, 5.41) is 11.5. The number of allylic oxidation sites excluding steroid dienone is 1. The summed E-state index contributed by atoms with van der Waals surface area (Å²) in [6.45, 7) is 10.2. The van der Waals surface area contributed by atoms with Gasteiger partial charge in [-0.3, -0.25) is 9.36 Å². The second-order valence-corrected chi connectivity index (χ2v) is 9.42. The maximum absolute atomic E-state index is 13.0. The van der Waals surface area contributed by atoms with Crippen LogP contribution in [0.2, 0.25) is 0 Å². The van der Waals surface area contributed by atoms with Crippen LogP contribution in [0.15, 0.2) is 71.1 Å². The normalized spacial score (nSPS) is 11.9. The SMILES string of the molecule is C=CCn1c(SCc2cccc(C(F)(F)F)c2)nnc(Nc2ccc(C(C)(C)C)cc2)c1=O. The second kappa shape index (κ2) is 9.82. The monoisotopic (exact) mass is 474 g/mol. The van der Waals surface area contributed by atoms with Gasteiger partial charge in [0.05, 0.1) is 5.56 Å². The van der Waals surface area contributed by atoms with Crippen LogP contribution in [0.1, 0.15) is 37.5 Å². The van der Waals surface area contributed by atoms with E-state index in [4.69, 9.17) is 0 Å². The maximum Gasteiger partial charge on any atom is 0.416 e. The Balaban J connectivity index is 1.81. The molecular formula is C24H25F3N4OS. The summed E-state index contributed by atoms with van der Waals surface area (Å²) >= 11 is 1.14. The van der Waals surface area contributed by atoms with E-state index in [9.17, 15) is 18.0 Å². The Morgan fingerprint density at radius 1 is 1.06 bits per heavy atom. The van der Waals surface area contributed by atoms with Gasteiger partial charge >= 0.3 is 6.18 Å². The lowest BCUT2D eigenvalue weighted by Crippen LogP contribution is -2.26. The van der Waals surface area contributed by atoms with Gasteiger partial charge in [0, 0.05) is 18.0 Å². The smallest absolute Gasteiger partial charge is 0.334 e. The Morgan fingerprint density at radius 3 is 2.36 bits per heavy atom. The Kier molecular flexibility index (Phi) is 7.31. The van der Waals surface area contributed by atoms with E-state index in [0.29, 0.717) is 16.4 Å². The van der Waals surface area contributed by atoms with Gasteiger partial charge in [0.25, 0.3) is 5.56 Å². The highest BCUT2D eigenvalue weighted by atomic mass is 32.2. The lowest BCUT2D eigenvalue weighted by Gasteiger charge is -2.19. The molecule has 3 aromatic rings. The molecule has 0 aliphatic rings. The van der Waals surface area contributed by atoms with Crippen molar-refractivity contribution in [1.82, 2.24) is 14.8 Å². The average Bonchev–Trinajstić information content (AvgIpc) is 2.75. The number of alkyl halides is 3. The number of halogens is 3. The molecule has 0 saturated carbocycles. The van der Waals surface area contributed by atoms with Crippen molar-refractivity contribution in [2.24, 2.45) is 0 Å². The Bertz CT molecular complexity index is 1180. The molecule has 174 valence electrons. The van der Waals surface area contributed by atoms with E-state index in [0.717, 1.165) is 29.5 Å². The predicted molar refractivity (Wildman–Crippen MR) is 126 cm³/mol. The van der Waals surface area contributed by atoms with Crippen molar-refractivity contribution in [3.8, 4) is 0 Å². The molecule has 0 bridgehead atoms. The molecule has 2 aromatic carbocycles. The largest absolute Gasteiger partial charge is 0.416 e. The van der Waals surface area contributed by atoms with Crippen molar-refractivity contribution in [3.05, 3.63) is 88.2 Å². The van der Waals surface area contributed by atoms with Crippen molar-refractivity contribution >= 4 is 23.3 Å². The van der Waals surface area contributed by atoms with Crippen LogP contribution in [0.3, 0.4) is 0 Å². The molecule has 33 heavy (non-hydrogen) atoms. The molecule has 1 N–H and O–H groups in total. The van der Waals surface area contributed by atoms with Crippen LogP contribution in [0, 0.1) is 0 Å². The first-order chi connectivity index (χ1) is 15.5. The zero-order valence-corrected chi connectivity index (χ0v) is 19.4. The fraction of sp³-hybridized carbons (Fsp3) is 0.292. The molecule has 0 amide bonds. The summed E-state index contributed by atoms with van der Waals surface area (Å²) in [6.07, 6.45) is -2.86. The fourth-order valence-corrected chi connectivity index (χ4v) is 3.94. The zero-order valence-electron chi connectivity index (χ0n) is 18.6. The molecule has 9 heteroatoms. The maximum atomic E-state index is 13.0. The molecule has 0 fully saturated rings. The Hall–Kier alpha value is -3.07. The number of aromatic nitrogens is 3. The summed E-state index contributed by atoms with van der Waals surface area (Å²) in [6, 6.07) is 12.8. The number of nitrogens with one attached hydrogen (secondary N) is 1. The molecule has 0 unspecified atom stereocenters. The predicted octanol–water partition coefficient (Wildman–Crippen LogP) is 6.18. The number of benzene rings is 2. The van der Waals surface area contributed by atoms with Gasteiger partial charge in [0.15, 0.2) is 5.16 Å². The summed E-state index contributed by atoms with van der Waals surface area (Å²) in [7, 11) is 0. The van der Waals surface area contributed by atoms with Crippen LogP contribution in [-0.4, -0.2) is 14.8 Å². The van der Waals surface area contributed by atoms with Gasteiger partial charge in [-0.25, -0.2) is 0 Å². The van der Waals surface area contributed by atoms with E-state index in [1.165, 1.54) is 10.6 Å². The standard InChI is InChI=1S/C24H25F3N4OS/c1-5-13-31-21(32)20(28-19-11-9-17(10-12-19)23(2,3)4)29-30-22(31)33-15-16-7-6-8-18(14-16)24(25,26)27/h5-12,14H,1,13,15H2,2-4H3,(H,28,29).